The Morgan fingerprint density at radius 1 is 1.30 bits per heavy atom. The molecule has 2 rings (SSSR count). The molecule has 2 aromatic rings. The maximum absolute atomic E-state index is 13.6. The normalized spacial score (nSPS) is 11.3. The summed E-state index contributed by atoms with van der Waals surface area (Å²) >= 11 is 0. The van der Waals surface area contributed by atoms with Gasteiger partial charge in [0, 0.05) is 6.54 Å². The summed E-state index contributed by atoms with van der Waals surface area (Å²) in [5.74, 6) is -3.89. The van der Waals surface area contributed by atoms with E-state index in [1.807, 2.05) is 0 Å². The Morgan fingerprint density at radius 3 is 2.48 bits per heavy atom. The molecule has 6 nitrogen and oxygen atoms in total. The molecule has 0 aliphatic carbocycles. The lowest BCUT2D eigenvalue weighted by Gasteiger charge is -2.18. The number of nitrogens with zero attached hydrogens (tertiary/aromatic N) is 1. The van der Waals surface area contributed by atoms with Crippen molar-refractivity contribution in [2.24, 2.45) is 5.41 Å². The highest BCUT2D eigenvalue weighted by Gasteiger charge is 2.28. The molecule has 2 N–H and O–H groups in total. The Balaban J connectivity index is 2.16. The van der Waals surface area contributed by atoms with Gasteiger partial charge in [-0.25, -0.2) is 13.8 Å². The molecule has 0 fully saturated rings. The van der Waals surface area contributed by atoms with Crippen LogP contribution >= 0.6 is 0 Å². The number of aliphatic carboxylic acids is 1. The minimum atomic E-state index is -1.17. The topological polar surface area (TPSA) is 92.4 Å². The fourth-order valence-electron chi connectivity index (χ4n) is 1.66. The Kier molecular flexibility index (Phi) is 4.44. The molecule has 122 valence electrons. The van der Waals surface area contributed by atoms with Crippen molar-refractivity contribution in [1.82, 2.24) is 10.3 Å². The predicted molar refractivity (Wildman–Crippen MR) is 75.6 cm³/mol. The predicted octanol–water partition coefficient (Wildman–Crippen LogP) is 2.46. The molecule has 1 amide bonds. The molecule has 0 aliphatic heterocycles. The fourth-order valence-corrected chi connectivity index (χ4v) is 1.66. The van der Waals surface area contributed by atoms with Gasteiger partial charge in [0.25, 0.3) is 5.91 Å². The van der Waals surface area contributed by atoms with Gasteiger partial charge in [0.05, 0.1) is 5.41 Å². The van der Waals surface area contributed by atoms with Crippen LogP contribution < -0.4 is 5.32 Å². The smallest absolute Gasteiger partial charge is 0.310 e. The van der Waals surface area contributed by atoms with Gasteiger partial charge in [-0.2, -0.15) is 0 Å². The average Bonchev–Trinajstić information content (AvgIpc) is 2.94. The van der Waals surface area contributed by atoms with Crippen molar-refractivity contribution >= 4 is 11.9 Å². The first-order chi connectivity index (χ1) is 10.7. The van der Waals surface area contributed by atoms with Gasteiger partial charge < -0.3 is 14.8 Å². The van der Waals surface area contributed by atoms with Gasteiger partial charge in [-0.15, -0.1) is 0 Å². The van der Waals surface area contributed by atoms with Gasteiger partial charge in [-0.3, -0.25) is 9.59 Å². The van der Waals surface area contributed by atoms with Crippen molar-refractivity contribution in [1.29, 1.82) is 0 Å². The average molecular weight is 324 g/mol. The van der Waals surface area contributed by atoms with Gasteiger partial charge in [-0.05, 0) is 26.0 Å². The van der Waals surface area contributed by atoms with E-state index in [9.17, 15) is 18.4 Å². The van der Waals surface area contributed by atoms with Crippen LogP contribution in [0.25, 0.3) is 11.5 Å². The molecular weight excluding hydrogens is 310 g/mol. The highest BCUT2D eigenvalue weighted by Crippen LogP contribution is 2.25. The minimum absolute atomic E-state index is 0.141. The number of carboxylic acid groups (broad SMARTS) is 1. The molecule has 0 saturated carbocycles. The van der Waals surface area contributed by atoms with Crippen LogP contribution in [0.4, 0.5) is 8.78 Å². The number of carboxylic acids is 1. The van der Waals surface area contributed by atoms with Crippen LogP contribution in [0.5, 0.6) is 0 Å². The molecule has 0 bridgehead atoms. The van der Waals surface area contributed by atoms with E-state index in [1.54, 1.807) is 0 Å². The maximum Gasteiger partial charge on any atom is 0.310 e. The van der Waals surface area contributed by atoms with Crippen molar-refractivity contribution in [3.63, 3.8) is 0 Å². The summed E-state index contributed by atoms with van der Waals surface area (Å²) in [6.45, 7) is 2.74. The number of carbonyl (C=O) groups is 2. The Morgan fingerprint density at radius 2 is 1.91 bits per heavy atom. The number of hydrogen-bond acceptors (Lipinski definition) is 4. The third-order valence-corrected chi connectivity index (χ3v) is 3.18. The molecule has 0 unspecified atom stereocenters. The summed E-state index contributed by atoms with van der Waals surface area (Å²) in [4.78, 5) is 26.6. The van der Waals surface area contributed by atoms with Crippen LogP contribution in [0.3, 0.4) is 0 Å². The molecule has 23 heavy (non-hydrogen) atoms. The number of hydrogen-bond donors (Lipinski definition) is 2. The van der Waals surface area contributed by atoms with Crippen molar-refractivity contribution in [3.8, 4) is 11.5 Å². The Labute approximate surface area is 130 Å². The highest BCUT2D eigenvalue weighted by atomic mass is 19.1. The zero-order valence-electron chi connectivity index (χ0n) is 12.4. The van der Waals surface area contributed by atoms with Crippen LogP contribution in [-0.2, 0) is 4.79 Å². The lowest BCUT2D eigenvalue weighted by Crippen LogP contribution is -2.39. The number of carbonyl (C=O) groups excluding carboxylic acids is 1. The van der Waals surface area contributed by atoms with Gasteiger partial charge in [0.2, 0.25) is 5.89 Å². The third-order valence-electron chi connectivity index (χ3n) is 3.18. The molecule has 1 aromatic carbocycles. The van der Waals surface area contributed by atoms with Crippen LogP contribution in [0.1, 0.15) is 24.3 Å². The number of nitrogens with one attached hydrogen (secondary N) is 1. The summed E-state index contributed by atoms with van der Waals surface area (Å²) in [6.07, 6.45) is 0.949. The van der Waals surface area contributed by atoms with Crippen molar-refractivity contribution in [3.05, 3.63) is 41.8 Å². The first-order valence-electron chi connectivity index (χ1n) is 6.64. The quantitative estimate of drug-likeness (QED) is 0.881. The van der Waals surface area contributed by atoms with Gasteiger partial charge >= 0.3 is 5.97 Å². The summed E-state index contributed by atoms with van der Waals surface area (Å²) in [6, 6.07) is 3.27. The van der Waals surface area contributed by atoms with Crippen LogP contribution in [0.2, 0.25) is 0 Å². The van der Waals surface area contributed by atoms with Gasteiger partial charge in [0.15, 0.2) is 5.69 Å². The van der Waals surface area contributed by atoms with Crippen molar-refractivity contribution in [2.75, 3.05) is 6.54 Å². The van der Waals surface area contributed by atoms with Crippen molar-refractivity contribution < 1.29 is 27.9 Å². The zero-order valence-corrected chi connectivity index (χ0v) is 12.4. The molecule has 1 heterocycles. The number of benzene rings is 1. The number of halogens is 2. The highest BCUT2D eigenvalue weighted by molar-refractivity contribution is 5.92. The summed E-state index contributed by atoms with van der Waals surface area (Å²) < 4.78 is 32.2. The van der Waals surface area contributed by atoms with E-state index >= 15 is 0 Å². The van der Waals surface area contributed by atoms with Crippen LogP contribution in [-0.4, -0.2) is 28.5 Å². The fraction of sp³-hybridized carbons (Fsp3) is 0.267. The summed E-state index contributed by atoms with van der Waals surface area (Å²) in [7, 11) is 0. The largest absolute Gasteiger partial charge is 0.481 e. The van der Waals surface area contributed by atoms with E-state index in [0.29, 0.717) is 0 Å². The monoisotopic (exact) mass is 324 g/mol. The molecule has 0 aliphatic rings. The number of oxazole rings is 1. The molecule has 8 heteroatoms. The maximum atomic E-state index is 13.6. The van der Waals surface area contributed by atoms with E-state index in [1.165, 1.54) is 19.9 Å². The zero-order chi connectivity index (χ0) is 17.2. The van der Waals surface area contributed by atoms with E-state index in [-0.39, 0.29) is 18.1 Å². The Bertz CT molecular complexity index is 735. The van der Waals surface area contributed by atoms with E-state index in [2.05, 4.69) is 10.3 Å². The van der Waals surface area contributed by atoms with Gasteiger partial charge in [-0.1, -0.05) is 6.07 Å². The second kappa shape index (κ2) is 6.15. The van der Waals surface area contributed by atoms with Crippen LogP contribution in [0.15, 0.2) is 28.9 Å². The minimum Gasteiger partial charge on any atom is -0.481 e. The number of aromatic nitrogens is 1. The summed E-state index contributed by atoms with van der Waals surface area (Å²) in [5, 5.41) is 11.4. The van der Waals surface area contributed by atoms with Gasteiger partial charge in [0.1, 0.15) is 23.5 Å². The van der Waals surface area contributed by atoms with Crippen LogP contribution in [0, 0.1) is 17.0 Å². The molecule has 0 atom stereocenters. The first-order valence-corrected chi connectivity index (χ1v) is 6.64. The van der Waals surface area contributed by atoms with Crippen molar-refractivity contribution in [2.45, 2.75) is 13.8 Å². The lowest BCUT2D eigenvalue weighted by molar-refractivity contribution is -0.146. The standard InChI is InChI=1S/C15H14F2N2O4/c1-15(2,14(21)22)7-18-12(20)10-6-23-13(19-10)11-8(16)4-3-5-9(11)17/h3-6H,7H2,1-2H3,(H,18,20)(H,21,22). The molecule has 0 saturated heterocycles. The molecule has 0 spiro atoms. The van der Waals surface area contributed by atoms with E-state index in [4.69, 9.17) is 9.52 Å². The second-order valence-corrected chi connectivity index (χ2v) is 5.51. The van der Waals surface area contributed by atoms with E-state index < -0.39 is 34.5 Å². The summed E-state index contributed by atoms with van der Waals surface area (Å²) in [5.41, 5.74) is -1.85. The third kappa shape index (κ3) is 3.53. The first kappa shape index (κ1) is 16.6. The molecular formula is C15H14F2N2O4. The van der Waals surface area contributed by atoms with E-state index in [0.717, 1.165) is 18.4 Å². The number of amides is 1. The molecule has 0 radical (unpaired) electrons. The SMILES string of the molecule is CC(C)(CNC(=O)c1coc(-c2c(F)cccc2F)n1)C(=O)O. The molecule has 1 aromatic heterocycles. The second-order valence-electron chi connectivity index (χ2n) is 5.51. The lowest BCUT2D eigenvalue weighted by atomic mass is 9.94. The number of rotatable bonds is 5. The Hall–Kier alpha value is -2.77.